The van der Waals surface area contributed by atoms with Crippen LogP contribution in [0.25, 0.3) is 0 Å². The maximum Gasteiger partial charge on any atom is 0.146 e. The highest BCUT2D eigenvalue weighted by atomic mass is 28.2. The van der Waals surface area contributed by atoms with Crippen molar-refractivity contribution < 1.29 is 4.43 Å². The van der Waals surface area contributed by atoms with Gasteiger partial charge in [-0.25, -0.2) is 0 Å². The van der Waals surface area contributed by atoms with E-state index < -0.39 is 0 Å². The van der Waals surface area contributed by atoms with Gasteiger partial charge in [-0.05, 0) is 17.5 Å². The number of nitriles is 1. The van der Waals surface area contributed by atoms with Crippen molar-refractivity contribution in [2.24, 2.45) is 0 Å². The molecule has 0 bridgehead atoms. The molecule has 0 aliphatic rings. The average Bonchev–Trinajstić information content (AvgIpc) is 2.17. The van der Waals surface area contributed by atoms with Gasteiger partial charge in [0.15, 0.2) is 0 Å². The third-order valence-electron chi connectivity index (χ3n) is 1.92. The van der Waals surface area contributed by atoms with E-state index in [-0.39, 0.29) is 0 Å². The lowest BCUT2D eigenvalue weighted by atomic mass is 10.0. The Balaban J connectivity index is 2.73. The minimum Gasteiger partial charge on any atom is -0.424 e. The van der Waals surface area contributed by atoms with Crippen LogP contribution >= 0.6 is 0 Å². The fourth-order valence-electron chi connectivity index (χ4n) is 1.29. The van der Waals surface area contributed by atoms with E-state index in [1.165, 1.54) is 11.1 Å². The first-order valence-electron chi connectivity index (χ1n) is 4.31. The van der Waals surface area contributed by atoms with E-state index in [1.807, 2.05) is 12.1 Å². The molecule has 68 valence electrons. The van der Waals surface area contributed by atoms with Crippen LogP contribution in [-0.4, -0.2) is 10.5 Å². The van der Waals surface area contributed by atoms with Crippen molar-refractivity contribution in [1.29, 1.82) is 5.26 Å². The third kappa shape index (κ3) is 3.02. The number of rotatable bonds is 4. The lowest BCUT2D eigenvalue weighted by molar-refractivity contribution is 0.337. The fourth-order valence-corrected chi connectivity index (χ4v) is 1.60. The molecule has 0 heterocycles. The zero-order valence-corrected chi connectivity index (χ0v) is 9.79. The zero-order valence-electron chi connectivity index (χ0n) is 7.79. The molecule has 1 aromatic rings. The van der Waals surface area contributed by atoms with E-state index in [0.717, 1.165) is 16.9 Å². The molecule has 0 atom stereocenters. The van der Waals surface area contributed by atoms with Crippen LogP contribution < -0.4 is 0 Å². The van der Waals surface area contributed by atoms with E-state index in [9.17, 15) is 0 Å². The van der Waals surface area contributed by atoms with Crippen LogP contribution in [0.15, 0.2) is 24.3 Å². The second kappa shape index (κ2) is 5.52. The first kappa shape index (κ1) is 9.97. The van der Waals surface area contributed by atoms with Crippen LogP contribution in [-0.2, 0) is 17.5 Å². The molecule has 13 heavy (non-hydrogen) atoms. The Labute approximate surface area is 81.7 Å². The topological polar surface area (TPSA) is 33.0 Å². The van der Waals surface area contributed by atoms with Crippen LogP contribution in [0.2, 0.25) is 0 Å². The number of nitrogens with zero attached hydrogens (tertiary/aromatic N) is 1. The minimum absolute atomic E-state index is 0.582. The summed E-state index contributed by atoms with van der Waals surface area (Å²) in [5, 5.41) is 8.47. The highest BCUT2D eigenvalue weighted by molar-refractivity contribution is 5.97. The Bertz CT molecular complexity index is 306. The summed E-state index contributed by atoms with van der Waals surface area (Å²) in [5.41, 5.74) is 2.45. The fraction of sp³-hybridized carbons (Fsp3) is 0.300. The minimum atomic E-state index is 0.582. The largest absolute Gasteiger partial charge is 0.424 e. The van der Waals surface area contributed by atoms with Crippen LogP contribution in [0.3, 0.4) is 0 Å². The number of hydrogen-bond acceptors (Lipinski definition) is 2. The third-order valence-corrected chi connectivity index (χ3v) is 2.21. The Hall–Kier alpha value is -1.11. The molecular weight excluding hydrogens is 178 g/mol. The first-order valence-corrected chi connectivity index (χ1v) is 5.13. The summed E-state index contributed by atoms with van der Waals surface area (Å²) in [6.45, 7) is 0.688. The van der Waals surface area contributed by atoms with Gasteiger partial charge < -0.3 is 4.43 Å². The summed E-state index contributed by atoms with van der Waals surface area (Å²) in [6.07, 6.45) is 1.41. The Morgan fingerprint density at radius 2 is 2.00 bits per heavy atom. The molecule has 0 spiro atoms. The average molecular weight is 191 g/mol. The quantitative estimate of drug-likeness (QED) is 0.664. The van der Waals surface area contributed by atoms with E-state index in [1.54, 1.807) is 0 Å². The van der Waals surface area contributed by atoms with Crippen LogP contribution in [0, 0.1) is 11.3 Å². The lowest BCUT2D eigenvalue weighted by Crippen LogP contribution is -1.95. The molecule has 1 rings (SSSR count). The van der Waals surface area contributed by atoms with Gasteiger partial charge in [0.2, 0.25) is 0 Å². The highest BCUT2D eigenvalue weighted by Crippen LogP contribution is 2.11. The maximum absolute atomic E-state index is 8.47. The van der Waals surface area contributed by atoms with Crippen LogP contribution in [0.4, 0.5) is 0 Å². The summed E-state index contributed by atoms with van der Waals surface area (Å²) >= 11 is 0. The summed E-state index contributed by atoms with van der Waals surface area (Å²) < 4.78 is 5.20. The smallest absolute Gasteiger partial charge is 0.146 e. The highest BCUT2D eigenvalue weighted by Gasteiger charge is 1.99. The van der Waals surface area contributed by atoms with Crippen molar-refractivity contribution in [3.05, 3.63) is 35.4 Å². The van der Waals surface area contributed by atoms with Crippen molar-refractivity contribution in [3.63, 3.8) is 0 Å². The summed E-state index contributed by atoms with van der Waals surface area (Å²) in [4.78, 5) is 0. The predicted octanol–water partition coefficient (Wildman–Crippen LogP) is 0.940. The van der Waals surface area contributed by atoms with Gasteiger partial charge in [-0.2, -0.15) is 5.26 Å². The molecule has 3 heteroatoms. The van der Waals surface area contributed by atoms with Gasteiger partial charge in [-0.3, -0.25) is 0 Å². The lowest BCUT2D eigenvalue weighted by Gasteiger charge is -2.06. The number of benzene rings is 1. The first-order chi connectivity index (χ1) is 6.38. The van der Waals surface area contributed by atoms with E-state index >= 15 is 0 Å². The molecule has 0 amide bonds. The Morgan fingerprint density at radius 1 is 1.31 bits per heavy atom. The number of hydrogen-bond donors (Lipinski definition) is 0. The van der Waals surface area contributed by atoms with Gasteiger partial charge in [0.05, 0.1) is 12.7 Å². The molecule has 0 aliphatic carbocycles. The normalized spacial score (nSPS) is 9.77. The van der Waals surface area contributed by atoms with Crippen molar-refractivity contribution in [1.82, 2.24) is 0 Å². The molecule has 1 aromatic carbocycles. The summed E-state index contributed by atoms with van der Waals surface area (Å²) in [6, 6.07) is 10.3. The predicted molar refractivity (Wildman–Crippen MR) is 55.1 cm³/mol. The molecule has 0 aliphatic heterocycles. The van der Waals surface area contributed by atoms with E-state index in [2.05, 4.69) is 18.2 Å². The van der Waals surface area contributed by atoms with Crippen molar-refractivity contribution in [2.75, 3.05) is 0 Å². The Morgan fingerprint density at radius 3 is 2.62 bits per heavy atom. The van der Waals surface area contributed by atoms with Crippen molar-refractivity contribution in [3.8, 4) is 6.07 Å². The van der Waals surface area contributed by atoms with Gasteiger partial charge in [-0.15, -0.1) is 0 Å². The van der Waals surface area contributed by atoms with Gasteiger partial charge in [0.25, 0.3) is 0 Å². The molecule has 0 fully saturated rings. The van der Waals surface area contributed by atoms with Gasteiger partial charge in [-0.1, -0.05) is 24.3 Å². The molecule has 0 N–H and O–H groups in total. The Kier molecular flexibility index (Phi) is 4.23. The molecule has 0 aromatic heterocycles. The maximum atomic E-state index is 8.47. The second-order valence-corrected chi connectivity index (χ2v) is 3.44. The molecule has 0 saturated carbocycles. The van der Waals surface area contributed by atoms with Gasteiger partial charge in [0.1, 0.15) is 10.5 Å². The summed E-state index contributed by atoms with van der Waals surface area (Å²) in [5.74, 6) is 0. The zero-order chi connectivity index (χ0) is 9.52. The second-order valence-electron chi connectivity index (χ2n) is 2.86. The molecule has 0 unspecified atom stereocenters. The SMILES string of the molecule is N#CCCc1ccccc1CO[SiH3]. The number of aryl methyl sites for hydroxylation is 1. The summed E-state index contributed by atoms with van der Waals surface area (Å²) in [7, 11) is 0.762. The van der Waals surface area contributed by atoms with E-state index in [4.69, 9.17) is 9.69 Å². The van der Waals surface area contributed by atoms with Crippen molar-refractivity contribution in [2.45, 2.75) is 19.4 Å². The monoisotopic (exact) mass is 191 g/mol. The van der Waals surface area contributed by atoms with Gasteiger partial charge >= 0.3 is 0 Å². The van der Waals surface area contributed by atoms with Crippen LogP contribution in [0.5, 0.6) is 0 Å². The standard InChI is InChI=1S/C10H13NOSi/c11-7-3-6-9-4-1-2-5-10(9)8-12-13/h1-2,4-5H,3,6,8H2,13H3. The molecule has 2 nitrogen and oxygen atoms in total. The van der Waals surface area contributed by atoms with Crippen molar-refractivity contribution >= 4 is 10.5 Å². The van der Waals surface area contributed by atoms with Gasteiger partial charge in [0, 0.05) is 6.42 Å². The molecule has 0 saturated heterocycles. The van der Waals surface area contributed by atoms with Crippen LogP contribution in [0.1, 0.15) is 17.5 Å². The van der Waals surface area contributed by atoms with E-state index in [0.29, 0.717) is 13.0 Å². The molecular formula is C10H13NOSi. The molecule has 0 radical (unpaired) electrons.